The van der Waals surface area contributed by atoms with E-state index in [4.69, 9.17) is 0 Å². The smallest absolute Gasteiger partial charge is 0.239 e. The van der Waals surface area contributed by atoms with Crippen LogP contribution in [0.2, 0.25) is 0 Å². The number of imidazole rings is 1. The van der Waals surface area contributed by atoms with Crippen molar-refractivity contribution >= 4 is 23.2 Å². The van der Waals surface area contributed by atoms with E-state index in [9.17, 15) is 14.0 Å². The van der Waals surface area contributed by atoms with Gasteiger partial charge in [0.1, 0.15) is 11.7 Å². The SMILES string of the molecule is Cc1ncn(-c2ccc(NC(=O)C3CCN(c4ccc(F)cc4)C3=O)cc2)c1C. The zero-order chi connectivity index (χ0) is 20.5. The highest BCUT2D eigenvalue weighted by atomic mass is 19.1. The second-order valence-electron chi connectivity index (χ2n) is 7.13. The summed E-state index contributed by atoms with van der Waals surface area (Å²) in [5.74, 6) is -1.71. The molecule has 0 saturated carbocycles. The van der Waals surface area contributed by atoms with Crippen LogP contribution in [0.3, 0.4) is 0 Å². The minimum absolute atomic E-state index is 0.268. The number of aromatic nitrogens is 2. The van der Waals surface area contributed by atoms with Gasteiger partial charge < -0.3 is 14.8 Å². The van der Waals surface area contributed by atoms with Crippen molar-refractivity contribution in [3.05, 3.63) is 72.1 Å². The Balaban J connectivity index is 1.43. The lowest BCUT2D eigenvalue weighted by atomic mass is 10.1. The van der Waals surface area contributed by atoms with E-state index in [1.807, 2.05) is 30.5 Å². The predicted octanol–water partition coefficient (Wildman–Crippen LogP) is 3.62. The minimum atomic E-state index is -0.752. The number of rotatable bonds is 4. The number of amides is 2. The number of aryl methyl sites for hydroxylation is 1. The Morgan fingerprint density at radius 3 is 2.34 bits per heavy atom. The molecule has 2 heterocycles. The Hall–Kier alpha value is -3.48. The van der Waals surface area contributed by atoms with Gasteiger partial charge in [-0.05, 0) is 68.8 Å². The van der Waals surface area contributed by atoms with Gasteiger partial charge in [-0.2, -0.15) is 0 Å². The molecule has 148 valence electrons. The van der Waals surface area contributed by atoms with Gasteiger partial charge in [0.25, 0.3) is 0 Å². The quantitative estimate of drug-likeness (QED) is 0.690. The molecule has 2 amide bonds. The molecule has 6 nitrogen and oxygen atoms in total. The monoisotopic (exact) mass is 392 g/mol. The van der Waals surface area contributed by atoms with Crippen LogP contribution in [0.15, 0.2) is 54.9 Å². The summed E-state index contributed by atoms with van der Waals surface area (Å²) in [6.45, 7) is 4.38. The maximum Gasteiger partial charge on any atom is 0.239 e. The average molecular weight is 392 g/mol. The van der Waals surface area contributed by atoms with Crippen molar-refractivity contribution in [2.45, 2.75) is 20.3 Å². The summed E-state index contributed by atoms with van der Waals surface area (Å²) >= 11 is 0. The van der Waals surface area contributed by atoms with Crippen LogP contribution in [0.5, 0.6) is 0 Å². The first-order valence-corrected chi connectivity index (χ1v) is 9.43. The highest BCUT2D eigenvalue weighted by Crippen LogP contribution is 2.26. The summed E-state index contributed by atoms with van der Waals surface area (Å²) in [7, 11) is 0. The normalized spacial score (nSPS) is 16.3. The molecule has 0 bridgehead atoms. The van der Waals surface area contributed by atoms with E-state index in [1.54, 1.807) is 30.6 Å². The fraction of sp³-hybridized carbons (Fsp3) is 0.227. The first-order valence-electron chi connectivity index (χ1n) is 9.43. The first-order chi connectivity index (χ1) is 13.9. The lowest BCUT2D eigenvalue weighted by Gasteiger charge is -2.16. The van der Waals surface area contributed by atoms with Crippen molar-refractivity contribution < 1.29 is 14.0 Å². The van der Waals surface area contributed by atoms with Crippen molar-refractivity contribution in [3.8, 4) is 5.69 Å². The molecular formula is C22H21FN4O2. The summed E-state index contributed by atoms with van der Waals surface area (Å²) in [5, 5.41) is 2.82. The molecular weight excluding hydrogens is 371 g/mol. The fourth-order valence-electron chi connectivity index (χ4n) is 3.49. The number of nitrogens with one attached hydrogen (secondary N) is 1. The zero-order valence-electron chi connectivity index (χ0n) is 16.2. The van der Waals surface area contributed by atoms with Gasteiger partial charge in [-0.25, -0.2) is 9.37 Å². The molecule has 3 aromatic rings. The molecule has 1 fully saturated rings. The van der Waals surface area contributed by atoms with Gasteiger partial charge in [0.15, 0.2) is 0 Å². The van der Waals surface area contributed by atoms with E-state index in [0.29, 0.717) is 24.3 Å². The summed E-state index contributed by atoms with van der Waals surface area (Å²) < 4.78 is 15.1. The van der Waals surface area contributed by atoms with Crippen molar-refractivity contribution in [2.75, 3.05) is 16.8 Å². The molecule has 29 heavy (non-hydrogen) atoms. The van der Waals surface area contributed by atoms with Gasteiger partial charge >= 0.3 is 0 Å². The van der Waals surface area contributed by atoms with Gasteiger partial charge in [-0.3, -0.25) is 9.59 Å². The molecule has 1 unspecified atom stereocenters. The summed E-state index contributed by atoms with van der Waals surface area (Å²) in [6.07, 6.45) is 2.19. The molecule has 0 radical (unpaired) electrons. The number of halogens is 1. The van der Waals surface area contributed by atoms with Crippen LogP contribution in [0.25, 0.3) is 5.69 Å². The maximum atomic E-state index is 13.1. The number of nitrogens with zero attached hydrogens (tertiary/aromatic N) is 3. The van der Waals surface area contributed by atoms with Crippen LogP contribution >= 0.6 is 0 Å². The van der Waals surface area contributed by atoms with Crippen molar-refractivity contribution in [1.29, 1.82) is 0 Å². The summed E-state index contributed by atoms with van der Waals surface area (Å²) in [5.41, 5.74) is 4.19. The predicted molar refractivity (Wildman–Crippen MR) is 109 cm³/mol. The van der Waals surface area contributed by atoms with Gasteiger partial charge in [0.05, 0.1) is 12.0 Å². The number of benzene rings is 2. The van der Waals surface area contributed by atoms with Crippen LogP contribution < -0.4 is 10.2 Å². The highest BCUT2D eigenvalue weighted by molar-refractivity contribution is 6.13. The van der Waals surface area contributed by atoms with Crippen LogP contribution in [-0.4, -0.2) is 27.9 Å². The van der Waals surface area contributed by atoms with Crippen LogP contribution in [0.4, 0.5) is 15.8 Å². The third-order valence-electron chi connectivity index (χ3n) is 5.33. The van der Waals surface area contributed by atoms with Crippen LogP contribution in [0, 0.1) is 25.6 Å². The molecule has 7 heteroatoms. The Morgan fingerprint density at radius 2 is 1.72 bits per heavy atom. The molecule has 1 aliphatic heterocycles. The maximum absolute atomic E-state index is 13.1. The van der Waals surface area contributed by atoms with Gasteiger partial charge in [0.2, 0.25) is 11.8 Å². The van der Waals surface area contributed by atoms with E-state index < -0.39 is 5.92 Å². The second kappa shape index (κ2) is 7.50. The number of anilines is 2. The van der Waals surface area contributed by atoms with E-state index in [-0.39, 0.29) is 17.6 Å². The molecule has 1 N–H and O–H groups in total. The molecule has 0 aliphatic carbocycles. The third kappa shape index (κ3) is 3.63. The van der Waals surface area contributed by atoms with E-state index in [2.05, 4.69) is 10.3 Å². The molecule has 1 atom stereocenters. The summed E-state index contributed by atoms with van der Waals surface area (Å²) in [4.78, 5) is 31.1. The topological polar surface area (TPSA) is 67.2 Å². The van der Waals surface area contributed by atoms with Gasteiger partial charge in [0, 0.05) is 29.3 Å². The molecule has 0 spiro atoms. The standard InChI is InChI=1S/C22H21FN4O2/c1-14-15(2)27(13-24-14)19-9-5-17(6-10-19)25-21(28)20-11-12-26(22(20)29)18-7-3-16(23)4-8-18/h3-10,13,20H,11-12H2,1-2H3,(H,25,28). The largest absolute Gasteiger partial charge is 0.325 e. The van der Waals surface area contributed by atoms with Crippen LogP contribution in [0.1, 0.15) is 17.8 Å². The molecule has 4 rings (SSSR count). The molecule has 1 aliphatic rings. The van der Waals surface area contributed by atoms with E-state index in [0.717, 1.165) is 17.1 Å². The molecule has 1 aromatic heterocycles. The molecule has 2 aromatic carbocycles. The Bertz CT molecular complexity index is 1060. The van der Waals surface area contributed by atoms with Crippen molar-refractivity contribution in [2.24, 2.45) is 5.92 Å². The van der Waals surface area contributed by atoms with E-state index >= 15 is 0 Å². The highest BCUT2D eigenvalue weighted by Gasteiger charge is 2.37. The van der Waals surface area contributed by atoms with Crippen molar-refractivity contribution in [3.63, 3.8) is 0 Å². The number of carbonyl (C=O) groups excluding carboxylic acids is 2. The minimum Gasteiger partial charge on any atom is -0.325 e. The lowest BCUT2D eigenvalue weighted by molar-refractivity contribution is -0.129. The number of hydrogen-bond donors (Lipinski definition) is 1. The van der Waals surface area contributed by atoms with Crippen molar-refractivity contribution in [1.82, 2.24) is 9.55 Å². The first kappa shape index (κ1) is 18.9. The molecule has 1 saturated heterocycles. The van der Waals surface area contributed by atoms with Gasteiger partial charge in [-0.1, -0.05) is 0 Å². The van der Waals surface area contributed by atoms with Crippen LogP contribution in [-0.2, 0) is 9.59 Å². The average Bonchev–Trinajstić information content (AvgIpc) is 3.26. The van der Waals surface area contributed by atoms with Gasteiger partial charge in [-0.15, -0.1) is 0 Å². The zero-order valence-corrected chi connectivity index (χ0v) is 16.2. The fourth-order valence-corrected chi connectivity index (χ4v) is 3.49. The Labute approximate surface area is 168 Å². The number of carbonyl (C=O) groups is 2. The Kier molecular flexibility index (Phi) is 4.88. The third-order valence-corrected chi connectivity index (χ3v) is 5.33. The summed E-state index contributed by atoms with van der Waals surface area (Å²) in [6, 6.07) is 13.1. The number of hydrogen-bond acceptors (Lipinski definition) is 3. The lowest BCUT2D eigenvalue weighted by Crippen LogP contribution is -2.33. The van der Waals surface area contributed by atoms with E-state index in [1.165, 1.54) is 17.0 Å². The Morgan fingerprint density at radius 1 is 1.07 bits per heavy atom. The second-order valence-corrected chi connectivity index (χ2v) is 7.13.